The third-order valence-corrected chi connectivity index (χ3v) is 2.29. The lowest BCUT2D eigenvalue weighted by Gasteiger charge is -2.11. The average molecular weight is 253 g/mol. The van der Waals surface area contributed by atoms with Crippen LogP contribution in [0.5, 0.6) is 0 Å². The van der Waals surface area contributed by atoms with Crippen molar-refractivity contribution in [2.75, 3.05) is 19.0 Å². The number of carbonyl (C=O) groups is 1. The summed E-state index contributed by atoms with van der Waals surface area (Å²) in [6.45, 7) is 1.82. The largest absolute Gasteiger partial charge is 0.383 e. The van der Waals surface area contributed by atoms with Gasteiger partial charge in [-0.1, -0.05) is 6.07 Å². The van der Waals surface area contributed by atoms with Gasteiger partial charge in [0.1, 0.15) is 11.7 Å². The molecular formula is C11H15N3O4. The van der Waals surface area contributed by atoms with Gasteiger partial charge in [0.15, 0.2) is 0 Å². The van der Waals surface area contributed by atoms with Gasteiger partial charge >= 0.3 is 0 Å². The van der Waals surface area contributed by atoms with Crippen LogP contribution < -0.4 is 11.1 Å². The van der Waals surface area contributed by atoms with Crippen LogP contribution in [0.2, 0.25) is 0 Å². The molecule has 1 aromatic rings. The molecule has 0 heterocycles. The molecule has 0 spiro atoms. The third-order valence-electron chi connectivity index (χ3n) is 2.29. The van der Waals surface area contributed by atoms with Crippen LogP contribution in [0.4, 0.5) is 11.4 Å². The van der Waals surface area contributed by atoms with Gasteiger partial charge in [-0.05, 0) is 18.6 Å². The summed E-state index contributed by atoms with van der Waals surface area (Å²) in [5.41, 5.74) is 6.30. The Balaban J connectivity index is 2.92. The molecule has 1 aromatic carbocycles. The summed E-state index contributed by atoms with van der Waals surface area (Å²) >= 11 is 0. The quantitative estimate of drug-likeness (QED) is 0.596. The zero-order valence-electron chi connectivity index (χ0n) is 10.2. The molecule has 0 radical (unpaired) electrons. The highest BCUT2D eigenvalue weighted by Crippen LogP contribution is 2.25. The minimum atomic E-state index is -0.866. The summed E-state index contributed by atoms with van der Waals surface area (Å²) in [5, 5.41) is 13.2. The standard InChI is InChI=1S/C11H15N3O4/c1-7-3-4-10(14(16)17)9(5-7)13-11(15)8(12)6-18-2/h3-5,8H,6,12H2,1-2H3,(H,13,15). The predicted molar refractivity (Wildman–Crippen MR) is 66.3 cm³/mol. The molecule has 0 fully saturated rings. The van der Waals surface area contributed by atoms with Crippen molar-refractivity contribution < 1.29 is 14.5 Å². The fourth-order valence-electron chi connectivity index (χ4n) is 1.39. The molecule has 1 amide bonds. The van der Waals surface area contributed by atoms with E-state index >= 15 is 0 Å². The van der Waals surface area contributed by atoms with E-state index < -0.39 is 16.9 Å². The lowest BCUT2D eigenvalue weighted by Crippen LogP contribution is -2.39. The number of carbonyl (C=O) groups excluding carboxylic acids is 1. The van der Waals surface area contributed by atoms with Crippen molar-refractivity contribution in [3.63, 3.8) is 0 Å². The van der Waals surface area contributed by atoms with Crippen molar-refractivity contribution in [2.45, 2.75) is 13.0 Å². The summed E-state index contributed by atoms with van der Waals surface area (Å²) in [4.78, 5) is 21.9. The molecule has 1 rings (SSSR count). The van der Waals surface area contributed by atoms with Crippen molar-refractivity contribution in [2.24, 2.45) is 5.73 Å². The summed E-state index contributed by atoms with van der Waals surface area (Å²) in [5.74, 6) is -0.523. The minimum Gasteiger partial charge on any atom is -0.383 e. The number of hydrogen-bond donors (Lipinski definition) is 2. The Bertz CT molecular complexity index is 462. The van der Waals surface area contributed by atoms with Crippen LogP contribution in [-0.2, 0) is 9.53 Å². The second-order valence-corrected chi connectivity index (χ2v) is 3.83. The van der Waals surface area contributed by atoms with Gasteiger partial charge in [-0.15, -0.1) is 0 Å². The smallest absolute Gasteiger partial charge is 0.292 e. The molecule has 0 saturated heterocycles. The summed E-state index contributed by atoms with van der Waals surface area (Å²) < 4.78 is 4.74. The molecule has 3 N–H and O–H groups in total. The zero-order valence-corrected chi connectivity index (χ0v) is 10.2. The molecule has 1 atom stereocenters. The Morgan fingerprint density at radius 1 is 1.61 bits per heavy atom. The van der Waals surface area contributed by atoms with Crippen molar-refractivity contribution >= 4 is 17.3 Å². The van der Waals surface area contributed by atoms with E-state index in [-0.39, 0.29) is 18.0 Å². The van der Waals surface area contributed by atoms with Gasteiger partial charge in [0.25, 0.3) is 5.69 Å². The third kappa shape index (κ3) is 3.51. The first-order valence-corrected chi connectivity index (χ1v) is 5.26. The number of hydrogen-bond acceptors (Lipinski definition) is 5. The predicted octanol–water partition coefficient (Wildman–Crippen LogP) is 0.815. The van der Waals surface area contributed by atoms with Crippen LogP contribution in [0.15, 0.2) is 18.2 Å². The number of nitro groups is 1. The summed E-state index contributed by atoms with van der Waals surface area (Å²) in [7, 11) is 1.42. The first-order chi connectivity index (χ1) is 8.45. The van der Waals surface area contributed by atoms with Gasteiger partial charge in [0.2, 0.25) is 5.91 Å². The number of amides is 1. The maximum Gasteiger partial charge on any atom is 0.292 e. The highest BCUT2D eigenvalue weighted by Gasteiger charge is 2.19. The van der Waals surface area contributed by atoms with Crippen molar-refractivity contribution in [1.29, 1.82) is 0 Å². The number of nitro benzene ring substituents is 1. The Hall–Kier alpha value is -1.99. The van der Waals surface area contributed by atoms with Gasteiger partial charge < -0.3 is 15.8 Å². The van der Waals surface area contributed by atoms with Gasteiger partial charge in [-0.3, -0.25) is 14.9 Å². The fraction of sp³-hybridized carbons (Fsp3) is 0.364. The Morgan fingerprint density at radius 2 is 2.28 bits per heavy atom. The molecule has 0 bridgehead atoms. The van der Waals surface area contributed by atoms with Gasteiger partial charge in [-0.2, -0.15) is 0 Å². The number of nitrogens with one attached hydrogen (secondary N) is 1. The van der Waals surface area contributed by atoms with Gasteiger partial charge in [0, 0.05) is 13.2 Å². The van der Waals surface area contributed by atoms with E-state index in [1.54, 1.807) is 13.0 Å². The van der Waals surface area contributed by atoms with Gasteiger partial charge in [-0.25, -0.2) is 0 Å². The first kappa shape index (κ1) is 14.1. The minimum absolute atomic E-state index is 0.0471. The molecule has 0 aliphatic heterocycles. The number of nitrogens with zero attached hydrogens (tertiary/aromatic N) is 1. The Labute approximate surface area is 104 Å². The number of methoxy groups -OCH3 is 1. The van der Waals surface area contributed by atoms with E-state index in [0.717, 1.165) is 5.56 Å². The van der Waals surface area contributed by atoms with Crippen LogP contribution in [0.25, 0.3) is 0 Å². The maximum absolute atomic E-state index is 11.6. The summed E-state index contributed by atoms with van der Waals surface area (Å²) in [6, 6.07) is 3.60. The van der Waals surface area contributed by atoms with Crippen molar-refractivity contribution in [3.8, 4) is 0 Å². The Kier molecular flexibility index (Phi) is 4.75. The Morgan fingerprint density at radius 3 is 2.83 bits per heavy atom. The average Bonchev–Trinajstić information content (AvgIpc) is 2.28. The van der Waals surface area contributed by atoms with E-state index in [9.17, 15) is 14.9 Å². The fourth-order valence-corrected chi connectivity index (χ4v) is 1.39. The van der Waals surface area contributed by atoms with Crippen molar-refractivity contribution in [3.05, 3.63) is 33.9 Å². The second kappa shape index (κ2) is 6.08. The molecule has 1 unspecified atom stereocenters. The van der Waals surface area contributed by atoms with E-state index in [1.165, 1.54) is 19.2 Å². The van der Waals surface area contributed by atoms with Crippen LogP contribution in [0.1, 0.15) is 5.56 Å². The molecule has 0 aliphatic rings. The summed E-state index contributed by atoms with van der Waals surface area (Å²) in [6.07, 6.45) is 0. The highest BCUT2D eigenvalue weighted by molar-refractivity contribution is 5.96. The van der Waals surface area contributed by atoms with Crippen molar-refractivity contribution in [1.82, 2.24) is 0 Å². The number of nitrogens with two attached hydrogens (primary N) is 1. The molecule has 7 heteroatoms. The molecule has 18 heavy (non-hydrogen) atoms. The number of aryl methyl sites for hydroxylation is 1. The zero-order chi connectivity index (χ0) is 13.7. The second-order valence-electron chi connectivity index (χ2n) is 3.83. The first-order valence-electron chi connectivity index (χ1n) is 5.26. The van der Waals surface area contributed by atoms with E-state index in [0.29, 0.717) is 0 Å². The van der Waals surface area contributed by atoms with Crippen LogP contribution >= 0.6 is 0 Å². The maximum atomic E-state index is 11.6. The molecular weight excluding hydrogens is 238 g/mol. The normalized spacial score (nSPS) is 11.9. The lowest BCUT2D eigenvalue weighted by molar-refractivity contribution is -0.383. The van der Waals surface area contributed by atoms with Crippen LogP contribution in [0.3, 0.4) is 0 Å². The monoisotopic (exact) mass is 253 g/mol. The van der Waals surface area contributed by atoms with E-state index in [4.69, 9.17) is 10.5 Å². The SMILES string of the molecule is COCC(N)C(=O)Nc1cc(C)ccc1[N+](=O)[O-]. The molecule has 0 saturated carbocycles. The van der Waals surface area contributed by atoms with E-state index in [1.807, 2.05) is 0 Å². The highest BCUT2D eigenvalue weighted by atomic mass is 16.6. The number of rotatable bonds is 5. The molecule has 0 aliphatic carbocycles. The number of anilines is 1. The van der Waals surface area contributed by atoms with Crippen LogP contribution in [0, 0.1) is 17.0 Å². The van der Waals surface area contributed by atoms with Crippen LogP contribution in [-0.4, -0.2) is 30.6 Å². The number of benzene rings is 1. The van der Waals surface area contributed by atoms with E-state index in [2.05, 4.69) is 5.32 Å². The number of ether oxygens (including phenoxy) is 1. The molecule has 98 valence electrons. The molecule has 0 aromatic heterocycles. The molecule has 7 nitrogen and oxygen atoms in total. The topological polar surface area (TPSA) is 107 Å². The lowest BCUT2D eigenvalue weighted by atomic mass is 10.2. The van der Waals surface area contributed by atoms with Gasteiger partial charge in [0.05, 0.1) is 11.5 Å².